The third kappa shape index (κ3) is 5.38. The average Bonchev–Trinajstić information content (AvgIpc) is 3.40. The number of likely N-dealkylation sites (tertiary alicyclic amines) is 2. The van der Waals surface area contributed by atoms with Gasteiger partial charge in [0.2, 0.25) is 11.8 Å². The average molecular weight is 367 g/mol. The molecule has 1 aliphatic carbocycles. The van der Waals surface area contributed by atoms with Crippen LogP contribution in [0.2, 0.25) is 0 Å². The Hall–Kier alpha value is -0.710. The van der Waals surface area contributed by atoms with E-state index in [0.717, 1.165) is 63.5 Å². The van der Waals surface area contributed by atoms with Crippen molar-refractivity contribution in [1.82, 2.24) is 9.80 Å². The zero-order valence-corrected chi connectivity index (χ0v) is 16.8. The van der Waals surface area contributed by atoms with Gasteiger partial charge in [-0.25, -0.2) is 0 Å². The van der Waals surface area contributed by atoms with E-state index in [1.165, 1.54) is 12.8 Å². The number of thioether (sulfide) groups is 1. The summed E-state index contributed by atoms with van der Waals surface area (Å²) in [6, 6.07) is 0. The third-order valence-electron chi connectivity index (χ3n) is 6.01. The highest BCUT2D eigenvalue weighted by Crippen LogP contribution is 2.39. The molecule has 25 heavy (non-hydrogen) atoms. The third-order valence-corrected chi connectivity index (χ3v) is 7.17. The van der Waals surface area contributed by atoms with E-state index in [1.54, 1.807) is 0 Å². The van der Waals surface area contributed by atoms with Gasteiger partial charge in [-0.05, 0) is 56.1 Å². The molecule has 0 aromatic heterocycles. The maximum Gasteiger partial charge on any atom is 0.232 e. The predicted molar refractivity (Wildman–Crippen MR) is 104 cm³/mol. The van der Waals surface area contributed by atoms with Crippen LogP contribution in [-0.2, 0) is 9.59 Å². The molecule has 2 heterocycles. The summed E-state index contributed by atoms with van der Waals surface area (Å²) in [7, 11) is 0. The van der Waals surface area contributed by atoms with Crippen molar-refractivity contribution in [3.05, 3.63) is 0 Å². The van der Waals surface area contributed by atoms with E-state index in [-0.39, 0.29) is 5.41 Å². The van der Waals surface area contributed by atoms with Crippen molar-refractivity contribution >= 4 is 23.6 Å². The lowest BCUT2D eigenvalue weighted by Gasteiger charge is -2.48. The van der Waals surface area contributed by atoms with Gasteiger partial charge in [0.15, 0.2) is 0 Å². The molecular weight excluding hydrogens is 332 g/mol. The van der Waals surface area contributed by atoms with Gasteiger partial charge in [0, 0.05) is 38.0 Å². The standard InChI is InChI=1S/C20H34N2O2S/c1-16(2)7-11-22-15-20(9-6-18(22)23)8-3-10-21(14-20)19(24)13-25-12-17-4-5-17/h16-17H,3-15H2,1-2H3/t20-/m0/s1. The number of hydrogen-bond acceptors (Lipinski definition) is 3. The van der Waals surface area contributed by atoms with Crippen LogP contribution in [0.3, 0.4) is 0 Å². The van der Waals surface area contributed by atoms with Gasteiger partial charge in [-0.2, -0.15) is 11.8 Å². The molecule has 3 fully saturated rings. The summed E-state index contributed by atoms with van der Waals surface area (Å²) in [5.74, 6) is 3.93. The molecule has 1 saturated carbocycles. The highest BCUT2D eigenvalue weighted by atomic mass is 32.2. The van der Waals surface area contributed by atoms with E-state index in [0.29, 0.717) is 29.9 Å². The number of piperidine rings is 2. The molecule has 0 unspecified atom stereocenters. The molecular formula is C20H34N2O2S. The topological polar surface area (TPSA) is 40.6 Å². The Morgan fingerprint density at radius 3 is 2.80 bits per heavy atom. The number of hydrogen-bond donors (Lipinski definition) is 0. The van der Waals surface area contributed by atoms with E-state index in [2.05, 4.69) is 23.6 Å². The van der Waals surface area contributed by atoms with Gasteiger partial charge in [-0.1, -0.05) is 13.8 Å². The van der Waals surface area contributed by atoms with Gasteiger partial charge in [0.1, 0.15) is 0 Å². The van der Waals surface area contributed by atoms with Crippen LogP contribution in [-0.4, -0.2) is 59.3 Å². The molecule has 2 amide bonds. The molecule has 5 heteroatoms. The van der Waals surface area contributed by atoms with Crippen molar-refractivity contribution < 1.29 is 9.59 Å². The van der Waals surface area contributed by atoms with E-state index < -0.39 is 0 Å². The summed E-state index contributed by atoms with van der Waals surface area (Å²) in [6.45, 7) is 7.93. The Kier molecular flexibility index (Phi) is 6.35. The van der Waals surface area contributed by atoms with Crippen molar-refractivity contribution in [1.29, 1.82) is 0 Å². The van der Waals surface area contributed by atoms with E-state index in [9.17, 15) is 9.59 Å². The van der Waals surface area contributed by atoms with Crippen LogP contribution in [0, 0.1) is 17.3 Å². The summed E-state index contributed by atoms with van der Waals surface area (Å²) < 4.78 is 0. The predicted octanol–water partition coefficient (Wildman–Crippen LogP) is 3.41. The molecule has 0 N–H and O–H groups in total. The van der Waals surface area contributed by atoms with Crippen LogP contribution in [0.5, 0.6) is 0 Å². The highest BCUT2D eigenvalue weighted by molar-refractivity contribution is 7.99. The minimum absolute atomic E-state index is 0.153. The quantitative estimate of drug-likeness (QED) is 0.693. The van der Waals surface area contributed by atoms with Crippen molar-refractivity contribution in [2.24, 2.45) is 17.3 Å². The Morgan fingerprint density at radius 2 is 2.08 bits per heavy atom. The largest absolute Gasteiger partial charge is 0.342 e. The molecule has 142 valence electrons. The van der Waals surface area contributed by atoms with Gasteiger partial charge in [0.25, 0.3) is 0 Å². The lowest BCUT2D eigenvalue weighted by atomic mass is 9.73. The minimum Gasteiger partial charge on any atom is -0.342 e. The van der Waals surface area contributed by atoms with Gasteiger partial charge in [0.05, 0.1) is 5.75 Å². The molecule has 4 nitrogen and oxygen atoms in total. The Labute approximate surface area is 157 Å². The first-order chi connectivity index (χ1) is 12.0. The second kappa shape index (κ2) is 8.32. The highest BCUT2D eigenvalue weighted by Gasteiger charge is 2.42. The molecule has 0 bridgehead atoms. The summed E-state index contributed by atoms with van der Waals surface area (Å²) >= 11 is 1.82. The summed E-state index contributed by atoms with van der Waals surface area (Å²) in [5.41, 5.74) is 0.153. The molecule has 3 aliphatic rings. The monoisotopic (exact) mass is 366 g/mol. The second-order valence-electron chi connectivity index (χ2n) is 8.88. The van der Waals surface area contributed by atoms with Gasteiger partial charge in [-0.3, -0.25) is 9.59 Å². The number of carbonyl (C=O) groups is 2. The first-order valence-electron chi connectivity index (χ1n) is 10.1. The summed E-state index contributed by atoms with van der Waals surface area (Å²) in [5, 5.41) is 0. The number of rotatable bonds is 7. The van der Waals surface area contributed by atoms with Gasteiger partial charge >= 0.3 is 0 Å². The first-order valence-corrected chi connectivity index (χ1v) is 11.3. The van der Waals surface area contributed by atoms with Crippen molar-refractivity contribution in [3.8, 4) is 0 Å². The van der Waals surface area contributed by atoms with Gasteiger partial charge < -0.3 is 9.80 Å². The molecule has 1 spiro atoms. The van der Waals surface area contributed by atoms with E-state index in [1.807, 2.05) is 11.8 Å². The number of carbonyl (C=O) groups excluding carboxylic acids is 2. The SMILES string of the molecule is CC(C)CCN1C[C@@]2(CCCN(C(=O)CSCC3CC3)C2)CCC1=O. The number of amides is 2. The fraction of sp³-hybridized carbons (Fsp3) is 0.900. The second-order valence-corrected chi connectivity index (χ2v) is 9.91. The molecule has 1 atom stereocenters. The van der Waals surface area contributed by atoms with Crippen LogP contribution < -0.4 is 0 Å². The molecule has 0 aromatic carbocycles. The van der Waals surface area contributed by atoms with E-state index >= 15 is 0 Å². The van der Waals surface area contributed by atoms with Crippen LogP contribution >= 0.6 is 11.8 Å². The summed E-state index contributed by atoms with van der Waals surface area (Å²) in [4.78, 5) is 29.1. The van der Waals surface area contributed by atoms with Crippen LogP contribution in [0.15, 0.2) is 0 Å². The molecule has 2 aliphatic heterocycles. The van der Waals surface area contributed by atoms with E-state index in [4.69, 9.17) is 0 Å². The Morgan fingerprint density at radius 1 is 1.28 bits per heavy atom. The first kappa shape index (κ1) is 19.1. The maximum absolute atomic E-state index is 12.6. The zero-order chi connectivity index (χ0) is 17.9. The molecule has 0 radical (unpaired) electrons. The smallest absolute Gasteiger partial charge is 0.232 e. The fourth-order valence-electron chi connectivity index (χ4n) is 4.16. The molecule has 3 rings (SSSR count). The zero-order valence-electron chi connectivity index (χ0n) is 16.0. The van der Waals surface area contributed by atoms with Crippen molar-refractivity contribution in [2.75, 3.05) is 37.7 Å². The fourth-order valence-corrected chi connectivity index (χ4v) is 5.30. The number of nitrogens with zero attached hydrogens (tertiary/aromatic N) is 2. The summed E-state index contributed by atoms with van der Waals surface area (Å²) in [6.07, 6.45) is 7.66. The normalized spacial score (nSPS) is 27.4. The van der Waals surface area contributed by atoms with Gasteiger partial charge in [-0.15, -0.1) is 0 Å². The molecule has 0 aromatic rings. The van der Waals surface area contributed by atoms with Crippen molar-refractivity contribution in [3.63, 3.8) is 0 Å². The lowest BCUT2D eigenvalue weighted by molar-refractivity contribution is -0.142. The maximum atomic E-state index is 12.6. The Balaban J connectivity index is 1.52. The van der Waals surface area contributed by atoms with Crippen LogP contribution in [0.4, 0.5) is 0 Å². The molecule has 2 saturated heterocycles. The van der Waals surface area contributed by atoms with Crippen LogP contribution in [0.1, 0.15) is 58.8 Å². The lowest BCUT2D eigenvalue weighted by Crippen LogP contribution is -2.55. The Bertz CT molecular complexity index is 492. The van der Waals surface area contributed by atoms with Crippen molar-refractivity contribution in [2.45, 2.75) is 58.8 Å². The van der Waals surface area contributed by atoms with Crippen LogP contribution in [0.25, 0.3) is 0 Å². The minimum atomic E-state index is 0.153.